The zero-order valence-electron chi connectivity index (χ0n) is 12.6. The molecule has 0 bridgehead atoms. The number of hydrogen-bond donors (Lipinski definition) is 2. The second-order valence-corrected chi connectivity index (χ2v) is 5.78. The number of benzene rings is 1. The van der Waals surface area contributed by atoms with E-state index in [4.69, 9.17) is 0 Å². The number of carbonyl (C=O) groups excluding carboxylic acids is 2. The lowest BCUT2D eigenvalue weighted by atomic mass is 9.95. The van der Waals surface area contributed by atoms with E-state index in [1.165, 1.54) is 0 Å². The highest BCUT2D eigenvalue weighted by atomic mass is 16.2. The number of anilines is 1. The van der Waals surface area contributed by atoms with Gasteiger partial charge in [0.2, 0.25) is 5.91 Å². The van der Waals surface area contributed by atoms with Crippen molar-refractivity contribution in [1.29, 1.82) is 0 Å². The SMILES string of the molecule is CC(C)=NNC(=O)c1ccc(NC(=O)C(C)(C)C)cc1. The third-order valence-electron chi connectivity index (χ3n) is 2.47. The lowest BCUT2D eigenvalue weighted by Gasteiger charge is -2.17. The number of amides is 2. The number of hydrogen-bond acceptors (Lipinski definition) is 3. The fourth-order valence-electron chi connectivity index (χ4n) is 1.25. The molecule has 5 heteroatoms. The Morgan fingerprint density at radius 2 is 1.60 bits per heavy atom. The quantitative estimate of drug-likeness (QED) is 0.657. The predicted octanol–water partition coefficient (Wildman–Crippen LogP) is 2.80. The lowest BCUT2D eigenvalue weighted by Crippen LogP contribution is -2.27. The number of nitrogens with zero attached hydrogens (tertiary/aromatic N) is 1. The molecule has 0 aliphatic heterocycles. The summed E-state index contributed by atoms with van der Waals surface area (Å²) in [6.45, 7) is 9.12. The highest BCUT2D eigenvalue weighted by Crippen LogP contribution is 2.17. The highest BCUT2D eigenvalue weighted by Gasteiger charge is 2.21. The van der Waals surface area contributed by atoms with Gasteiger partial charge < -0.3 is 5.32 Å². The van der Waals surface area contributed by atoms with Gasteiger partial charge in [0.15, 0.2) is 0 Å². The first-order valence-corrected chi connectivity index (χ1v) is 6.43. The Labute approximate surface area is 119 Å². The van der Waals surface area contributed by atoms with E-state index in [1.54, 1.807) is 38.1 Å². The van der Waals surface area contributed by atoms with Gasteiger partial charge in [-0.15, -0.1) is 0 Å². The average Bonchev–Trinajstić information content (AvgIpc) is 2.35. The molecule has 0 saturated heterocycles. The first-order chi connectivity index (χ1) is 9.20. The molecule has 0 radical (unpaired) electrons. The van der Waals surface area contributed by atoms with Crippen LogP contribution in [0.1, 0.15) is 45.0 Å². The predicted molar refractivity (Wildman–Crippen MR) is 80.8 cm³/mol. The summed E-state index contributed by atoms with van der Waals surface area (Å²) in [6.07, 6.45) is 0. The molecule has 1 aromatic rings. The summed E-state index contributed by atoms with van der Waals surface area (Å²) in [5, 5.41) is 6.65. The second kappa shape index (κ2) is 6.32. The van der Waals surface area contributed by atoms with Gasteiger partial charge in [-0.05, 0) is 38.1 Å². The van der Waals surface area contributed by atoms with E-state index in [9.17, 15) is 9.59 Å². The van der Waals surface area contributed by atoms with E-state index >= 15 is 0 Å². The minimum Gasteiger partial charge on any atom is -0.326 e. The van der Waals surface area contributed by atoms with E-state index in [2.05, 4.69) is 15.8 Å². The summed E-state index contributed by atoms with van der Waals surface area (Å²) in [5.74, 6) is -0.346. The topological polar surface area (TPSA) is 70.6 Å². The van der Waals surface area contributed by atoms with Gasteiger partial charge in [0.05, 0.1) is 0 Å². The van der Waals surface area contributed by atoms with Crippen molar-refractivity contribution in [2.75, 3.05) is 5.32 Å². The normalized spacial score (nSPS) is 10.7. The van der Waals surface area contributed by atoms with Crippen molar-refractivity contribution >= 4 is 23.2 Å². The first kappa shape index (κ1) is 15.9. The van der Waals surface area contributed by atoms with Crippen molar-refractivity contribution in [3.05, 3.63) is 29.8 Å². The van der Waals surface area contributed by atoms with E-state index in [0.29, 0.717) is 11.3 Å². The summed E-state index contributed by atoms with van der Waals surface area (Å²) in [6, 6.07) is 6.68. The van der Waals surface area contributed by atoms with Gasteiger partial charge in [0.1, 0.15) is 0 Å². The van der Waals surface area contributed by atoms with Crippen LogP contribution >= 0.6 is 0 Å². The Morgan fingerprint density at radius 1 is 1.05 bits per heavy atom. The molecule has 0 atom stereocenters. The van der Waals surface area contributed by atoms with Crippen molar-refractivity contribution in [1.82, 2.24) is 5.43 Å². The van der Waals surface area contributed by atoms with E-state index in [-0.39, 0.29) is 11.8 Å². The van der Waals surface area contributed by atoms with Crippen LogP contribution in [0, 0.1) is 5.41 Å². The van der Waals surface area contributed by atoms with Crippen LogP contribution in [0.3, 0.4) is 0 Å². The smallest absolute Gasteiger partial charge is 0.271 e. The molecule has 0 fully saturated rings. The average molecular weight is 275 g/mol. The Hall–Kier alpha value is -2.17. The highest BCUT2D eigenvalue weighted by molar-refractivity contribution is 5.97. The molecule has 0 unspecified atom stereocenters. The molecule has 1 aromatic carbocycles. The van der Waals surface area contributed by atoms with Crippen molar-refractivity contribution in [3.63, 3.8) is 0 Å². The number of nitrogens with one attached hydrogen (secondary N) is 2. The summed E-state index contributed by atoms with van der Waals surface area (Å²) in [5.41, 5.74) is 3.91. The maximum atomic E-state index is 11.8. The lowest BCUT2D eigenvalue weighted by molar-refractivity contribution is -0.123. The standard InChI is InChI=1S/C15H21N3O2/c1-10(2)17-18-13(19)11-6-8-12(9-7-11)16-14(20)15(3,4)5/h6-9H,1-5H3,(H,16,20)(H,18,19). The number of carbonyl (C=O) groups is 2. The molecule has 20 heavy (non-hydrogen) atoms. The molecule has 0 heterocycles. The van der Waals surface area contributed by atoms with Crippen molar-refractivity contribution < 1.29 is 9.59 Å². The molecule has 2 amide bonds. The molecule has 0 aliphatic carbocycles. The zero-order chi connectivity index (χ0) is 15.3. The molecule has 108 valence electrons. The molecular formula is C15H21N3O2. The van der Waals surface area contributed by atoms with Crippen LogP contribution in [0.15, 0.2) is 29.4 Å². The van der Waals surface area contributed by atoms with Gasteiger partial charge in [-0.3, -0.25) is 9.59 Å². The molecule has 0 aliphatic rings. The summed E-state index contributed by atoms with van der Waals surface area (Å²) < 4.78 is 0. The Balaban J connectivity index is 2.72. The third-order valence-corrected chi connectivity index (χ3v) is 2.47. The number of rotatable bonds is 3. The minimum atomic E-state index is -0.455. The van der Waals surface area contributed by atoms with Gasteiger partial charge in [-0.25, -0.2) is 5.43 Å². The molecule has 5 nitrogen and oxygen atoms in total. The summed E-state index contributed by atoms with van der Waals surface area (Å²) >= 11 is 0. The molecule has 2 N–H and O–H groups in total. The fourth-order valence-corrected chi connectivity index (χ4v) is 1.25. The number of hydrazone groups is 1. The molecule has 0 aromatic heterocycles. The van der Waals surface area contributed by atoms with Gasteiger partial charge >= 0.3 is 0 Å². The van der Waals surface area contributed by atoms with Crippen molar-refractivity contribution in [3.8, 4) is 0 Å². The molecule has 0 spiro atoms. The second-order valence-electron chi connectivity index (χ2n) is 5.78. The maximum absolute atomic E-state index is 11.8. The van der Waals surface area contributed by atoms with Crippen LogP contribution in [0.25, 0.3) is 0 Å². The van der Waals surface area contributed by atoms with E-state index in [0.717, 1.165) is 5.71 Å². The van der Waals surface area contributed by atoms with Gasteiger partial charge in [-0.2, -0.15) is 5.10 Å². The molecule has 0 saturated carbocycles. The largest absolute Gasteiger partial charge is 0.326 e. The summed E-state index contributed by atoms with van der Waals surface area (Å²) in [4.78, 5) is 23.6. The third kappa shape index (κ3) is 4.84. The monoisotopic (exact) mass is 275 g/mol. The van der Waals surface area contributed by atoms with Crippen LogP contribution < -0.4 is 10.7 Å². The van der Waals surface area contributed by atoms with Gasteiger partial charge in [-0.1, -0.05) is 20.8 Å². The van der Waals surface area contributed by atoms with Crippen molar-refractivity contribution in [2.45, 2.75) is 34.6 Å². The van der Waals surface area contributed by atoms with Gasteiger partial charge in [0, 0.05) is 22.4 Å². The Bertz CT molecular complexity index is 521. The zero-order valence-corrected chi connectivity index (χ0v) is 12.6. The Kier molecular flexibility index (Phi) is 5.02. The summed E-state index contributed by atoms with van der Waals surface area (Å²) in [7, 11) is 0. The molecular weight excluding hydrogens is 254 g/mol. The van der Waals surface area contributed by atoms with Crippen LogP contribution in [0.5, 0.6) is 0 Å². The van der Waals surface area contributed by atoms with Crippen LogP contribution in [0.4, 0.5) is 5.69 Å². The molecule has 1 rings (SSSR count). The van der Waals surface area contributed by atoms with E-state index < -0.39 is 5.41 Å². The minimum absolute atomic E-state index is 0.0686. The van der Waals surface area contributed by atoms with Crippen LogP contribution in [-0.2, 0) is 4.79 Å². The van der Waals surface area contributed by atoms with Gasteiger partial charge in [0.25, 0.3) is 5.91 Å². The fraction of sp³-hybridized carbons (Fsp3) is 0.400. The first-order valence-electron chi connectivity index (χ1n) is 6.43. The Morgan fingerprint density at radius 3 is 2.05 bits per heavy atom. The maximum Gasteiger partial charge on any atom is 0.271 e. The van der Waals surface area contributed by atoms with Crippen molar-refractivity contribution in [2.24, 2.45) is 10.5 Å². The van der Waals surface area contributed by atoms with E-state index in [1.807, 2.05) is 20.8 Å². The van der Waals surface area contributed by atoms with Crippen LogP contribution in [-0.4, -0.2) is 17.5 Å². The van der Waals surface area contributed by atoms with Crippen LogP contribution in [0.2, 0.25) is 0 Å².